The molecule has 0 N–H and O–H groups in total. The molecule has 0 saturated heterocycles. The third kappa shape index (κ3) is 10.3. The summed E-state index contributed by atoms with van der Waals surface area (Å²) in [4.78, 5) is 24.3. The molecule has 0 fully saturated rings. The maximum Gasteiger partial charge on any atom is 0.341 e. The van der Waals surface area contributed by atoms with Crippen LogP contribution >= 0.6 is 0 Å². The normalized spacial score (nSPS) is 13.1. The maximum atomic E-state index is 12.1. The van der Waals surface area contributed by atoms with E-state index in [1.54, 1.807) is 0 Å². The molecule has 0 aromatic rings. The molecule has 0 aromatic heterocycles. The van der Waals surface area contributed by atoms with E-state index in [2.05, 4.69) is 40.9 Å². The van der Waals surface area contributed by atoms with Gasteiger partial charge in [0.1, 0.15) is 0 Å². The van der Waals surface area contributed by atoms with Crippen LogP contribution in [0.4, 0.5) is 0 Å². The molecule has 25 heavy (non-hydrogen) atoms. The lowest BCUT2D eigenvalue weighted by Crippen LogP contribution is -2.18. The maximum absolute atomic E-state index is 12.1. The lowest BCUT2D eigenvalue weighted by molar-refractivity contribution is -0.154. The predicted molar refractivity (Wildman–Crippen MR) is 105 cm³/mol. The molecule has 2 unspecified atom stereocenters. The Kier molecular flexibility index (Phi) is 13.1. The van der Waals surface area contributed by atoms with Crippen LogP contribution in [0.25, 0.3) is 0 Å². The summed E-state index contributed by atoms with van der Waals surface area (Å²) in [7, 11) is 0. The first kappa shape index (κ1) is 23.6. The van der Waals surface area contributed by atoms with Gasteiger partial charge in [0.15, 0.2) is 0 Å². The van der Waals surface area contributed by atoms with Crippen LogP contribution < -0.4 is 0 Å². The number of unbranched alkanes of at least 4 members (excludes halogenated alkanes) is 2. The van der Waals surface area contributed by atoms with E-state index >= 15 is 0 Å². The van der Waals surface area contributed by atoms with Gasteiger partial charge < -0.3 is 4.74 Å². The molecule has 0 aliphatic heterocycles. The standard InChI is InChI=1S/C22H38O3/c1-7-11-13-19(9-3)15-17(5)21(23)25-22(24)18(6)16-20(10-4)14-12-8-2/h19-20H,5-16H2,1-4H3. The van der Waals surface area contributed by atoms with Crippen molar-refractivity contribution in [1.29, 1.82) is 0 Å². The van der Waals surface area contributed by atoms with Gasteiger partial charge in [-0.3, -0.25) is 0 Å². The van der Waals surface area contributed by atoms with Gasteiger partial charge in [-0.05, 0) is 24.7 Å². The smallest absolute Gasteiger partial charge is 0.341 e. The quantitative estimate of drug-likeness (QED) is 0.207. The van der Waals surface area contributed by atoms with E-state index in [-0.39, 0.29) is 0 Å². The van der Waals surface area contributed by atoms with Crippen molar-refractivity contribution in [2.45, 2.75) is 91.9 Å². The summed E-state index contributed by atoms with van der Waals surface area (Å²) < 4.78 is 5.00. The molecule has 0 aliphatic carbocycles. The summed E-state index contributed by atoms with van der Waals surface area (Å²) in [5, 5.41) is 0. The zero-order valence-electron chi connectivity index (χ0n) is 16.9. The molecule has 2 atom stereocenters. The van der Waals surface area contributed by atoms with Crippen LogP contribution in [-0.4, -0.2) is 11.9 Å². The minimum absolute atomic E-state index is 0.391. The van der Waals surface area contributed by atoms with Gasteiger partial charge in [0, 0.05) is 11.1 Å². The Bertz CT molecular complexity index is 397. The fourth-order valence-electron chi connectivity index (χ4n) is 2.98. The van der Waals surface area contributed by atoms with Gasteiger partial charge in [-0.1, -0.05) is 92.2 Å². The van der Waals surface area contributed by atoms with Gasteiger partial charge in [-0.25, -0.2) is 9.59 Å². The SMILES string of the molecule is C=C(CC(CC)CCCC)C(=O)OC(=O)C(=C)CC(CC)CCCC. The molecule has 0 aliphatic rings. The lowest BCUT2D eigenvalue weighted by atomic mass is 9.92. The van der Waals surface area contributed by atoms with Crippen LogP contribution in [0, 0.1) is 11.8 Å². The van der Waals surface area contributed by atoms with E-state index in [0.717, 1.165) is 51.4 Å². The Morgan fingerprint density at radius 3 is 1.40 bits per heavy atom. The van der Waals surface area contributed by atoms with E-state index in [4.69, 9.17) is 4.74 Å². The summed E-state index contributed by atoms with van der Waals surface area (Å²) >= 11 is 0. The molecule has 3 heteroatoms. The summed E-state index contributed by atoms with van der Waals surface area (Å²) in [6, 6.07) is 0. The van der Waals surface area contributed by atoms with Crippen LogP contribution in [0.3, 0.4) is 0 Å². The van der Waals surface area contributed by atoms with E-state index < -0.39 is 11.9 Å². The van der Waals surface area contributed by atoms with Gasteiger partial charge in [-0.15, -0.1) is 0 Å². The number of ether oxygens (including phenoxy) is 1. The monoisotopic (exact) mass is 350 g/mol. The third-order valence-electron chi connectivity index (χ3n) is 4.92. The first-order valence-corrected chi connectivity index (χ1v) is 10.0. The van der Waals surface area contributed by atoms with Crippen molar-refractivity contribution in [3.8, 4) is 0 Å². The Morgan fingerprint density at radius 1 is 0.760 bits per heavy atom. The molecule has 144 valence electrons. The van der Waals surface area contributed by atoms with Crippen molar-refractivity contribution in [2.24, 2.45) is 11.8 Å². The van der Waals surface area contributed by atoms with Crippen molar-refractivity contribution in [3.05, 3.63) is 24.3 Å². The van der Waals surface area contributed by atoms with Crippen LogP contribution in [0.1, 0.15) is 91.9 Å². The van der Waals surface area contributed by atoms with Gasteiger partial charge in [0.2, 0.25) is 0 Å². The first-order chi connectivity index (χ1) is 11.9. The van der Waals surface area contributed by atoms with Crippen LogP contribution in [0.5, 0.6) is 0 Å². The Labute approximate surface area is 154 Å². The molecule has 0 heterocycles. The fourth-order valence-corrected chi connectivity index (χ4v) is 2.98. The Hall–Kier alpha value is -1.38. The average molecular weight is 351 g/mol. The van der Waals surface area contributed by atoms with E-state index in [1.807, 2.05) is 0 Å². The minimum Gasteiger partial charge on any atom is -0.386 e. The number of rotatable bonds is 14. The summed E-state index contributed by atoms with van der Waals surface area (Å²) in [6.45, 7) is 16.2. The zero-order chi connectivity index (χ0) is 19.2. The number of carbonyl (C=O) groups is 2. The molecule has 0 amide bonds. The highest BCUT2D eigenvalue weighted by atomic mass is 16.6. The second-order valence-electron chi connectivity index (χ2n) is 7.13. The molecule has 0 saturated carbocycles. The molecule has 0 bridgehead atoms. The van der Waals surface area contributed by atoms with E-state index in [9.17, 15) is 9.59 Å². The second-order valence-corrected chi connectivity index (χ2v) is 7.13. The number of esters is 2. The topological polar surface area (TPSA) is 43.4 Å². The first-order valence-electron chi connectivity index (χ1n) is 10.0. The van der Waals surface area contributed by atoms with Crippen LogP contribution in [0.2, 0.25) is 0 Å². The van der Waals surface area contributed by atoms with Gasteiger partial charge in [0.05, 0.1) is 0 Å². The molecule has 0 aromatic carbocycles. The van der Waals surface area contributed by atoms with Gasteiger partial charge in [-0.2, -0.15) is 0 Å². The molecule has 0 spiro atoms. The number of hydrogen-bond donors (Lipinski definition) is 0. The lowest BCUT2D eigenvalue weighted by Gasteiger charge is -2.16. The number of hydrogen-bond acceptors (Lipinski definition) is 3. The predicted octanol–water partition coefficient (Wildman–Crippen LogP) is 6.38. The van der Waals surface area contributed by atoms with Gasteiger partial charge >= 0.3 is 11.9 Å². The average Bonchev–Trinajstić information content (AvgIpc) is 2.61. The highest BCUT2D eigenvalue weighted by molar-refractivity contribution is 6.01. The largest absolute Gasteiger partial charge is 0.386 e. The Morgan fingerprint density at radius 2 is 1.12 bits per heavy atom. The summed E-state index contributed by atoms with van der Waals surface area (Å²) in [5.41, 5.74) is 0.782. The molecular formula is C22H38O3. The van der Waals surface area contributed by atoms with Crippen molar-refractivity contribution < 1.29 is 14.3 Å². The van der Waals surface area contributed by atoms with Crippen LogP contribution in [-0.2, 0) is 14.3 Å². The van der Waals surface area contributed by atoms with Gasteiger partial charge in [0.25, 0.3) is 0 Å². The number of carbonyl (C=O) groups excluding carboxylic acids is 2. The Balaban J connectivity index is 4.44. The molecule has 3 nitrogen and oxygen atoms in total. The molecule has 0 radical (unpaired) electrons. The zero-order valence-corrected chi connectivity index (χ0v) is 16.9. The summed E-state index contributed by atoms with van der Waals surface area (Å²) in [5.74, 6) is -0.334. The van der Waals surface area contributed by atoms with E-state index in [1.165, 1.54) is 0 Å². The van der Waals surface area contributed by atoms with Crippen LogP contribution in [0.15, 0.2) is 24.3 Å². The highest BCUT2D eigenvalue weighted by Crippen LogP contribution is 2.23. The van der Waals surface area contributed by atoms with E-state index in [0.29, 0.717) is 35.8 Å². The second kappa shape index (κ2) is 13.9. The van der Waals surface area contributed by atoms with Crippen molar-refractivity contribution in [2.75, 3.05) is 0 Å². The van der Waals surface area contributed by atoms with Crippen molar-refractivity contribution in [3.63, 3.8) is 0 Å². The minimum atomic E-state index is -0.595. The highest BCUT2D eigenvalue weighted by Gasteiger charge is 2.20. The molecule has 0 rings (SSSR count). The molecular weight excluding hydrogens is 312 g/mol. The van der Waals surface area contributed by atoms with Crippen molar-refractivity contribution >= 4 is 11.9 Å². The fraction of sp³-hybridized carbons (Fsp3) is 0.727. The summed E-state index contributed by atoms with van der Waals surface area (Å²) in [6.07, 6.45) is 9.94. The third-order valence-corrected chi connectivity index (χ3v) is 4.92. The van der Waals surface area contributed by atoms with Crippen molar-refractivity contribution in [1.82, 2.24) is 0 Å².